The van der Waals surface area contributed by atoms with Crippen LogP contribution in [0.1, 0.15) is 42.3 Å². The van der Waals surface area contributed by atoms with E-state index in [-0.39, 0.29) is 18.0 Å². The van der Waals surface area contributed by atoms with Gasteiger partial charge in [0, 0.05) is 12.6 Å². The molecule has 132 valence electrons. The largest absolute Gasteiger partial charge is 0.452 e. The number of esters is 1. The van der Waals surface area contributed by atoms with Gasteiger partial charge in [-0.15, -0.1) is 0 Å². The third-order valence-corrected chi connectivity index (χ3v) is 3.11. The molecule has 6 heteroatoms. The van der Waals surface area contributed by atoms with Gasteiger partial charge in [-0.25, -0.2) is 4.79 Å². The van der Waals surface area contributed by atoms with E-state index in [1.54, 1.807) is 12.1 Å². The van der Waals surface area contributed by atoms with E-state index in [0.717, 1.165) is 11.1 Å². The van der Waals surface area contributed by atoms with E-state index in [9.17, 15) is 14.4 Å². The van der Waals surface area contributed by atoms with Crippen LogP contribution in [0.5, 0.6) is 0 Å². The summed E-state index contributed by atoms with van der Waals surface area (Å²) in [4.78, 5) is 37.0. The van der Waals surface area contributed by atoms with E-state index in [0.29, 0.717) is 5.56 Å². The lowest BCUT2D eigenvalue weighted by Crippen LogP contribution is -2.46. The maximum absolute atomic E-state index is 12.0. The number of nitrogens with one attached hydrogen (secondary N) is 1. The molecule has 2 amide bonds. The lowest BCUT2D eigenvalue weighted by molar-refractivity contribution is -0.137. The van der Waals surface area contributed by atoms with Crippen LogP contribution in [-0.2, 0) is 14.3 Å². The zero-order valence-corrected chi connectivity index (χ0v) is 15.2. The highest BCUT2D eigenvalue weighted by atomic mass is 16.5. The fraction of sp³-hybridized carbons (Fsp3) is 0.500. The Morgan fingerprint density at radius 3 is 2.12 bits per heavy atom. The number of benzene rings is 1. The number of nitrogens with zero attached hydrogens (tertiary/aromatic N) is 1. The van der Waals surface area contributed by atoms with Gasteiger partial charge in [0.2, 0.25) is 5.91 Å². The molecule has 0 bridgehead atoms. The van der Waals surface area contributed by atoms with Crippen LogP contribution in [0, 0.1) is 13.8 Å². The van der Waals surface area contributed by atoms with Crippen molar-refractivity contribution in [3.8, 4) is 0 Å². The van der Waals surface area contributed by atoms with Crippen molar-refractivity contribution in [2.24, 2.45) is 0 Å². The van der Waals surface area contributed by atoms with Crippen molar-refractivity contribution in [1.29, 1.82) is 0 Å². The summed E-state index contributed by atoms with van der Waals surface area (Å²) in [6.45, 7) is 8.87. The molecule has 0 atom stereocenters. The zero-order chi connectivity index (χ0) is 18.5. The molecular weight excluding hydrogens is 308 g/mol. The van der Waals surface area contributed by atoms with Crippen LogP contribution in [0.4, 0.5) is 0 Å². The molecule has 0 aliphatic rings. The Bertz CT molecular complexity index is 612. The Morgan fingerprint density at radius 1 is 1.08 bits per heavy atom. The standard InChI is InChI=1S/C18H26N2O4/c1-12-7-13(2)9-14(8-12)17(23)24-11-16(22)20(6)10-15(21)19-18(3,4)5/h7-9H,10-11H2,1-6H3,(H,19,21). The predicted octanol–water partition coefficient (Wildman–Crippen LogP) is 1.83. The fourth-order valence-electron chi connectivity index (χ4n) is 2.17. The highest BCUT2D eigenvalue weighted by molar-refractivity contribution is 5.92. The maximum atomic E-state index is 12.0. The summed E-state index contributed by atoms with van der Waals surface area (Å²) >= 11 is 0. The molecule has 0 heterocycles. The van der Waals surface area contributed by atoms with Crippen molar-refractivity contribution >= 4 is 17.8 Å². The quantitative estimate of drug-likeness (QED) is 0.834. The lowest BCUT2D eigenvalue weighted by atomic mass is 10.1. The van der Waals surface area contributed by atoms with Gasteiger partial charge in [-0.2, -0.15) is 0 Å². The third-order valence-electron chi connectivity index (χ3n) is 3.11. The summed E-state index contributed by atoms with van der Waals surface area (Å²) in [6.07, 6.45) is 0. The first kappa shape index (κ1) is 19.7. The smallest absolute Gasteiger partial charge is 0.338 e. The molecule has 24 heavy (non-hydrogen) atoms. The Balaban J connectivity index is 2.52. The number of rotatable bonds is 5. The number of ether oxygens (including phenoxy) is 1. The molecule has 0 saturated heterocycles. The number of likely N-dealkylation sites (N-methyl/N-ethyl adjacent to an activating group) is 1. The second kappa shape index (κ2) is 7.95. The average Bonchev–Trinajstić information content (AvgIpc) is 2.40. The summed E-state index contributed by atoms with van der Waals surface area (Å²) < 4.78 is 5.04. The molecule has 0 aromatic heterocycles. The van der Waals surface area contributed by atoms with Gasteiger partial charge in [-0.1, -0.05) is 17.2 Å². The minimum Gasteiger partial charge on any atom is -0.452 e. The molecule has 0 unspecified atom stereocenters. The van der Waals surface area contributed by atoms with Crippen molar-refractivity contribution in [2.45, 2.75) is 40.2 Å². The molecule has 0 fully saturated rings. The third kappa shape index (κ3) is 6.81. The molecular formula is C18H26N2O4. The summed E-state index contributed by atoms with van der Waals surface area (Å²) in [6, 6.07) is 5.37. The van der Waals surface area contributed by atoms with Gasteiger partial charge in [-0.3, -0.25) is 9.59 Å². The van der Waals surface area contributed by atoms with E-state index >= 15 is 0 Å². The van der Waals surface area contributed by atoms with E-state index in [1.807, 2.05) is 40.7 Å². The second-order valence-corrected chi connectivity index (χ2v) is 7.00. The molecule has 1 rings (SSSR count). The Morgan fingerprint density at radius 2 is 1.62 bits per heavy atom. The maximum Gasteiger partial charge on any atom is 0.338 e. The summed E-state index contributed by atoms with van der Waals surface area (Å²) in [5.41, 5.74) is 1.94. The molecule has 1 aromatic rings. The van der Waals surface area contributed by atoms with Gasteiger partial charge in [0.25, 0.3) is 5.91 Å². The molecule has 0 radical (unpaired) electrons. The van der Waals surface area contributed by atoms with Crippen LogP contribution >= 0.6 is 0 Å². The van der Waals surface area contributed by atoms with Crippen LogP contribution in [0.25, 0.3) is 0 Å². The number of carbonyl (C=O) groups is 3. The number of carbonyl (C=O) groups excluding carboxylic acids is 3. The molecule has 1 N–H and O–H groups in total. The number of hydrogen-bond donors (Lipinski definition) is 1. The van der Waals surface area contributed by atoms with E-state index in [2.05, 4.69) is 5.32 Å². The molecule has 0 aliphatic heterocycles. The van der Waals surface area contributed by atoms with Gasteiger partial charge >= 0.3 is 5.97 Å². The lowest BCUT2D eigenvalue weighted by Gasteiger charge is -2.23. The first-order valence-corrected chi connectivity index (χ1v) is 7.78. The van der Waals surface area contributed by atoms with Crippen molar-refractivity contribution in [2.75, 3.05) is 20.2 Å². The van der Waals surface area contributed by atoms with Crippen LogP contribution in [-0.4, -0.2) is 48.4 Å². The minimum absolute atomic E-state index is 0.0861. The summed E-state index contributed by atoms with van der Waals surface area (Å²) in [5.74, 6) is -1.25. The second-order valence-electron chi connectivity index (χ2n) is 7.00. The normalized spacial score (nSPS) is 10.9. The number of aryl methyl sites for hydroxylation is 2. The van der Waals surface area contributed by atoms with Crippen molar-refractivity contribution in [3.05, 3.63) is 34.9 Å². The van der Waals surface area contributed by atoms with Crippen LogP contribution in [0.3, 0.4) is 0 Å². The Labute approximate surface area is 143 Å². The van der Waals surface area contributed by atoms with Gasteiger partial charge in [0.05, 0.1) is 12.1 Å². The zero-order valence-electron chi connectivity index (χ0n) is 15.2. The van der Waals surface area contributed by atoms with Crippen LogP contribution in [0.15, 0.2) is 18.2 Å². The van der Waals surface area contributed by atoms with Crippen molar-refractivity contribution in [3.63, 3.8) is 0 Å². The number of hydrogen-bond acceptors (Lipinski definition) is 4. The molecule has 6 nitrogen and oxygen atoms in total. The first-order chi connectivity index (χ1) is 11.0. The first-order valence-electron chi connectivity index (χ1n) is 7.78. The topological polar surface area (TPSA) is 75.7 Å². The molecule has 0 saturated carbocycles. The monoisotopic (exact) mass is 334 g/mol. The summed E-state index contributed by atoms with van der Waals surface area (Å²) in [5, 5.41) is 2.77. The van der Waals surface area contributed by atoms with Gasteiger partial charge < -0.3 is 15.0 Å². The summed E-state index contributed by atoms with van der Waals surface area (Å²) in [7, 11) is 1.50. The fourth-order valence-corrected chi connectivity index (χ4v) is 2.17. The minimum atomic E-state index is -0.553. The number of amides is 2. The molecule has 0 aliphatic carbocycles. The average molecular weight is 334 g/mol. The predicted molar refractivity (Wildman–Crippen MR) is 91.7 cm³/mol. The van der Waals surface area contributed by atoms with Crippen LogP contribution < -0.4 is 5.32 Å². The highest BCUT2D eigenvalue weighted by Gasteiger charge is 2.19. The van der Waals surface area contributed by atoms with Gasteiger partial charge in [0.15, 0.2) is 6.61 Å². The Hall–Kier alpha value is -2.37. The van der Waals surface area contributed by atoms with E-state index < -0.39 is 18.5 Å². The van der Waals surface area contributed by atoms with Gasteiger partial charge in [-0.05, 0) is 46.8 Å². The van der Waals surface area contributed by atoms with E-state index in [4.69, 9.17) is 4.74 Å². The molecule has 1 aromatic carbocycles. The Kier molecular flexibility index (Phi) is 6.51. The van der Waals surface area contributed by atoms with Crippen molar-refractivity contribution in [1.82, 2.24) is 10.2 Å². The van der Waals surface area contributed by atoms with Crippen molar-refractivity contribution < 1.29 is 19.1 Å². The van der Waals surface area contributed by atoms with Gasteiger partial charge in [0.1, 0.15) is 0 Å². The molecule has 0 spiro atoms. The highest BCUT2D eigenvalue weighted by Crippen LogP contribution is 2.10. The SMILES string of the molecule is Cc1cc(C)cc(C(=O)OCC(=O)N(C)CC(=O)NC(C)(C)C)c1. The van der Waals surface area contributed by atoms with Crippen LogP contribution in [0.2, 0.25) is 0 Å². The van der Waals surface area contributed by atoms with E-state index in [1.165, 1.54) is 11.9 Å².